The number of halogens is 3. The first-order chi connectivity index (χ1) is 9.47. The molecule has 0 saturated carbocycles. The highest BCUT2D eigenvalue weighted by atomic mass is 35.5. The van der Waals surface area contributed by atoms with E-state index in [4.69, 9.17) is 34.8 Å². The van der Waals surface area contributed by atoms with Gasteiger partial charge in [0, 0.05) is 5.02 Å². The molecule has 3 nitrogen and oxygen atoms in total. The zero-order chi connectivity index (χ0) is 14.7. The number of benzene rings is 2. The van der Waals surface area contributed by atoms with E-state index >= 15 is 0 Å². The Morgan fingerprint density at radius 2 is 1.75 bits per heavy atom. The van der Waals surface area contributed by atoms with Crippen molar-refractivity contribution in [3.63, 3.8) is 0 Å². The first kappa shape index (κ1) is 15.0. The van der Waals surface area contributed by atoms with E-state index in [2.05, 4.69) is 10.6 Å². The molecule has 2 amide bonds. The maximum atomic E-state index is 12.0. The van der Waals surface area contributed by atoms with Crippen LogP contribution in [0.1, 0.15) is 5.56 Å². The van der Waals surface area contributed by atoms with Crippen molar-refractivity contribution in [3.05, 3.63) is 57.0 Å². The van der Waals surface area contributed by atoms with Gasteiger partial charge in [-0.25, -0.2) is 4.79 Å². The van der Waals surface area contributed by atoms with Gasteiger partial charge in [0.05, 0.1) is 21.4 Å². The van der Waals surface area contributed by atoms with Gasteiger partial charge in [0.2, 0.25) is 0 Å². The normalized spacial score (nSPS) is 10.2. The highest BCUT2D eigenvalue weighted by molar-refractivity contribution is 6.36. The lowest BCUT2D eigenvalue weighted by Crippen LogP contribution is -2.20. The monoisotopic (exact) mass is 328 g/mol. The minimum Gasteiger partial charge on any atom is -0.306 e. The molecule has 6 heteroatoms. The van der Waals surface area contributed by atoms with Gasteiger partial charge in [0.15, 0.2) is 0 Å². The second-order valence-electron chi connectivity index (χ2n) is 4.14. The molecule has 0 saturated heterocycles. The van der Waals surface area contributed by atoms with Crippen LogP contribution < -0.4 is 10.6 Å². The van der Waals surface area contributed by atoms with Gasteiger partial charge in [-0.05, 0) is 36.8 Å². The fourth-order valence-electron chi connectivity index (χ4n) is 1.65. The van der Waals surface area contributed by atoms with Gasteiger partial charge in [-0.1, -0.05) is 46.9 Å². The topological polar surface area (TPSA) is 41.1 Å². The van der Waals surface area contributed by atoms with E-state index < -0.39 is 6.03 Å². The molecule has 0 heterocycles. The van der Waals surface area contributed by atoms with Crippen molar-refractivity contribution >= 4 is 52.2 Å². The van der Waals surface area contributed by atoms with Crippen LogP contribution in [0.3, 0.4) is 0 Å². The average molecular weight is 330 g/mol. The number of aryl methyl sites for hydroxylation is 1. The number of anilines is 2. The van der Waals surface area contributed by atoms with E-state index in [0.29, 0.717) is 26.4 Å². The third kappa shape index (κ3) is 3.57. The lowest BCUT2D eigenvalue weighted by atomic mass is 10.2. The molecule has 0 aliphatic rings. The number of para-hydroxylation sites is 1. The highest BCUT2D eigenvalue weighted by Crippen LogP contribution is 2.27. The maximum Gasteiger partial charge on any atom is 0.323 e. The number of urea groups is 1. The Balaban J connectivity index is 2.15. The summed E-state index contributed by atoms with van der Waals surface area (Å²) in [6.07, 6.45) is 0. The van der Waals surface area contributed by atoms with Crippen LogP contribution in [0.25, 0.3) is 0 Å². The van der Waals surface area contributed by atoms with E-state index in [1.165, 1.54) is 0 Å². The molecule has 0 spiro atoms. The second-order valence-corrected chi connectivity index (χ2v) is 5.39. The predicted molar refractivity (Wildman–Crippen MR) is 85.3 cm³/mol. The molecule has 0 aromatic heterocycles. The molecule has 0 radical (unpaired) electrons. The summed E-state index contributed by atoms with van der Waals surface area (Å²) in [5.74, 6) is 0. The van der Waals surface area contributed by atoms with Crippen molar-refractivity contribution < 1.29 is 4.79 Å². The van der Waals surface area contributed by atoms with E-state index in [1.807, 2.05) is 19.1 Å². The van der Waals surface area contributed by atoms with Crippen LogP contribution in [0.5, 0.6) is 0 Å². The Morgan fingerprint density at radius 1 is 1.00 bits per heavy atom. The SMILES string of the molecule is Cc1cccc(Cl)c1NC(=O)Nc1cc(Cl)ccc1Cl. The summed E-state index contributed by atoms with van der Waals surface area (Å²) in [6.45, 7) is 1.86. The number of carbonyl (C=O) groups excluding carboxylic acids is 1. The number of carbonyl (C=O) groups is 1. The number of nitrogens with one attached hydrogen (secondary N) is 2. The smallest absolute Gasteiger partial charge is 0.306 e. The first-order valence-corrected chi connectivity index (χ1v) is 6.89. The van der Waals surface area contributed by atoms with E-state index in [-0.39, 0.29) is 0 Å². The molecule has 0 aliphatic heterocycles. The number of hydrogen-bond donors (Lipinski definition) is 2. The first-order valence-electron chi connectivity index (χ1n) is 5.75. The van der Waals surface area contributed by atoms with Crippen LogP contribution in [0, 0.1) is 6.92 Å². The Kier molecular flexibility index (Phi) is 4.76. The molecule has 0 bridgehead atoms. The van der Waals surface area contributed by atoms with E-state index in [0.717, 1.165) is 5.56 Å². The molecule has 0 aliphatic carbocycles. The van der Waals surface area contributed by atoms with Gasteiger partial charge in [-0.2, -0.15) is 0 Å². The Labute approximate surface area is 131 Å². The van der Waals surface area contributed by atoms with Crippen LogP contribution in [-0.2, 0) is 0 Å². The Hall–Kier alpha value is -1.42. The summed E-state index contributed by atoms with van der Waals surface area (Å²) in [5, 5.41) is 6.68. The molecule has 2 rings (SSSR count). The standard InChI is InChI=1S/C14H11Cl3N2O/c1-8-3-2-4-11(17)13(8)19-14(20)18-12-7-9(15)5-6-10(12)16/h2-7H,1H3,(H2,18,19,20). The van der Waals surface area contributed by atoms with Crippen LogP contribution in [0.4, 0.5) is 16.2 Å². The summed E-state index contributed by atoms with van der Waals surface area (Å²) < 4.78 is 0. The molecule has 0 fully saturated rings. The Morgan fingerprint density at radius 3 is 2.45 bits per heavy atom. The zero-order valence-electron chi connectivity index (χ0n) is 10.5. The molecule has 2 aromatic carbocycles. The zero-order valence-corrected chi connectivity index (χ0v) is 12.8. The van der Waals surface area contributed by atoms with Crippen LogP contribution >= 0.6 is 34.8 Å². The van der Waals surface area contributed by atoms with Crippen molar-refractivity contribution in [2.45, 2.75) is 6.92 Å². The average Bonchev–Trinajstić information content (AvgIpc) is 2.38. The number of amides is 2. The van der Waals surface area contributed by atoms with Crippen molar-refractivity contribution in [1.82, 2.24) is 0 Å². The van der Waals surface area contributed by atoms with Crippen molar-refractivity contribution in [1.29, 1.82) is 0 Å². The van der Waals surface area contributed by atoms with E-state index in [9.17, 15) is 4.79 Å². The molecule has 2 aromatic rings. The lowest BCUT2D eigenvalue weighted by molar-refractivity contribution is 0.262. The van der Waals surface area contributed by atoms with Crippen molar-refractivity contribution in [2.24, 2.45) is 0 Å². The maximum absolute atomic E-state index is 12.0. The third-order valence-electron chi connectivity index (χ3n) is 2.64. The molecular weight excluding hydrogens is 319 g/mol. The van der Waals surface area contributed by atoms with Gasteiger partial charge in [-0.3, -0.25) is 0 Å². The molecule has 104 valence electrons. The fraction of sp³-hybridized carbons (Fsp3) is 0.0714. The van der Waals surface area contributed by atoms with Crippen LogP contribution in [-0.4, -0.2) is 6.03 Å². The summed E-state index contributed by atoms with van der Waals surface area (Å²) in [7, 11) is 0. The third-order valence-corrected chi connectivity index (χ3v) is 3.52. The molecular formula is C14H11Cl3N2O. The highest BCUT2D eigenvalue weighted by Gasteiger charge is 2.10. The van der Waals surface area contributed by atoms with Gasteiger partial charge >= 0.3 is 6.03 Å². The molecule has 0 unspecified atom stereocenters. The van der Waals surface area contributed by atoms with Crippen molar-refractivity contribution in [3.8, 4) is 0 Å². The summed E-state index contributed by atoms with van der Waals surface area (Å²) >= 11 is 17.9. The van der Waals surface area contributed by atoms with Gasteiger partial charge in [0.25, 0.3) is 0 Å². The quantitative estimate of drug-likeness (QED) is 0.740. The van der Waals surface area contributed by atoms with Crippen LogP contribution in [0.2, 0.25) is 15.1 Å². The largest absolute Gasteiger partial charge is 0.323 e. The Bertz CT molecular complexity index is 639. The van der Waals surface area contributed by atoms with Crippen LogP contribution in [0.15, 0.2) is 36.4 Å². The summed E-state index contributed by atoms with van der Waals surface area (Å²) in [4.78, 5) is 12.0. The minimum absolute atomic E-state index is 0.403. The molecule has 20 heavy (non-hydrogen) atoms. The predicted octanol–water partition coefficient (Wildman–Crippen LogP) is 5.60. The van der Waals surface area contributed by atoms with Gasteiger partial charge in [0.1, 0.15) is 0 Å². The minimum atomic E-state index is -0.439. The van der Waals surface area contributed by atoms with Gasteiger partial charge in [-0.15, -0.1) is 0 Å². The lowest BCUT2D eigenvalue weighted by Gasteiger charge is -2.12. The summed E-state index contributed by atoms with van der Waals surface area (Å²) in [6, 6.07) is 9.76. The molecule has 0 atom stereocenters. The van der Waals surface area contributed by atoms with E-state index in [1.54, 1.807) is 24.3 Å². The molecule has 2 N–H and O–H groups in total. The number of hydrogen-bond acceptors (Lipinski definition) is 1. The number of rotatable bonds is 2. The van der Waals surface area contributed by atoms with Gasteiger partial charge < -0.3 is 10.6 Å². The van der Waals surface area contributed by atoms with Crippen molar-refractivity contribution in [2.75, 3.05) is 10.6 Å². The fourth-order valence-corrected chi connectivity index (χ4v) is 2.26. The second kappa shape index (κ2) is 6.35. The summed E-state index contributed by atoms with van der Waals surface area (Å²) in [5.41, 5.74) is 1.86.